The van der Waals surface area contributed by atoms with E-state index in [2.05, 4.69) is 19.2 Å². The number of nitrogens with one attached hydrogen (secondary N) is 1. The molecular formula is C14H29NO. The van der Waals surface area contributed by atoms with Crippen LogP contribution in [-0.4, -0.2) is 23.3 Å². The van der Waals surface area contributed by atoms with E-state index in [1.165, 1.54) is 32.1 Å². The van der Waals surface area contributed by atoms with Crippen LogP contribution in [-0.2, 0) is 0 Å². The van der Waals surface area contributed by atoms with Crippen molar-refractivity contribution in [2.24, 2.45) is 0 Å². The molecule has 1 atom stereocenters. The molecular weight excluding hydrogens is 198 g/mol. The summed E-state index contributed by atoms with van der Waals surface area (Å²) in [7, 11) is 0. The van der Waals surface area contributed by atoms with Gasteiger partial charge in [0.25, 0.3) is 0 Å². The molecule has 16 heavy (non-hydrogen) atoms. The first kappa shape index (κ1) is 14.0. The summed E-state index contributed by atoms with van der Waals surface area (Å²) in [6.45, 7) is 4.56. The number of hydrogen-bond acceptors (Lipinski definition) is 2. The molecule has 1 fully saturated rings. The molecule has 0 aromatic rings. The zero-order valence-corrected chi connectivity index (χ0v) is 11.0. The summed E-state index contributed by atoms with van der Waals surface area (Å²) in [5, 5.41) is 13.1. The van der Waals surface area contributed by atoms with Crippen molar-refractivity contribution in [2.75, 3.05) is 0 Å². The highest BCUT2D eigenvalue weighted by atomic mass is 16.3. The summed E-state index contributed by atoms with van der Waals surface area (Å²) in [4.78, 5) is 0. The number of hydrogen-bond donors (Lipinski definition) is 2. The highest BCUT2D eigenvalue weighted by molar-refractivity contribution is 4.78. The minimum absolute atomic E-state index is 0.0297. The third kappa shape index (κ3) is 5.86. The first-order valence-corrected chi connectivity index (χ1v) is 7.16. The van der Waals surface area contributed by atoms with Crippen LogP contribution in [0.25, 0.3) is 0 Å². The number of aliphatic hydroxyl groups excluding tert-OH is 1. The molecule has 0 heterocycles. The lowest BCUT2D eigenvalue weighted by molar-refractivity contribution is 0.114. The summed E-state index contributed by atoms with van der Waals surface area (Å²) in [6, 6.07) is 1.31. The normalized spacial score (nSPS) is 27.9. The van der Waals surface area contributed by atoms with Gasteiger partial charge in [-0.3, -0.25) is 0 Å². The van der Waals surface area contributed by atoms with Gasteiger partial charge in [-0.15, -0.1) is 0 Å². The van der Waals surface area contributed by atoms with E-state index in [1.54, 1.807) is 0 Å². The lowest BCUT2D eigenvalue weighted by atomic mass is 9.92. The van der Waals surface area contributed by atoms with Crippen LogP contribution in [0.5, 0.6) is 0 Å². The van der Waals surface area contributed by atoms with Crippen molar-refractivity contribution in [3.63, 3.8) is 0 Å². The zero-order chi connectivity index (χ0) is 11.8. The van der Waals surface area contributed by atoms with Gasteiger partial charge in [0, 0.05) is 12.1 Å². The summed E-state index contributed by atoms with van der Waals surface area (Å²) in [5.41, 5.74) is 0. The van der Waals surface area contributed by atoms with Crippen LogP contribution in [0.2, 0.25) is 0 Å². The Bertz CT molecular complexity index is 164. The van der Waals surface area contributed by atoms with Gasteiger partial charge in [0.1, 0.15) is 0 Å². The largest absolute Gasteiger partial charge is 0.393 e. The molecule has 0 aromatic heterocycles. The van der Waals surface area contributed by atoms with Gasteiger partial charge in [-0.05, 0) is 39.0 Å². The average Bonchev–Trinajstić information content (AvgIpc) is 2.28. The maximum atomic E-state index is 9.43. The minimum Gasteiger partial charge on any atom is -0.393 e. The van der Waals surface area contributed by atoms with Crippen LogP contribution in [0.4, 0.5) is 0 Å². The number of aliphatic hydroxyl groups is 1. The molecule has 2 nitrogen and oxygen atoms in total. The smallest absolute Gasteiger partial charge is 0.0541 e. The van der Waals surface area contributed by atoms with Crippen molar-refractivity contribution in [2.45, 2.75) is 89.8 Å². The van der Waals surface area contributed by atoms with Crippen LogP contribution in [0.3, 0.4) is 0 Å². The van der Waals surface area contributed by atoms with Crippen molar-refractivity contribution in [3.8, 4) is 0 Å². The van der Waals surface area contributed by atoms with E-state index in [0.717, 1.165) is 25.7 Å². The molecule has 2 heteroatoms. The first-order valence-electron chi connectivity index (χ1n) is 7.16. The van der Waals surface area contributed by atoms with E-state index in [0.29, 0.717) is 12.1 Å². The summed E-state index contributed by atoms with van der Waals surface area (Å²) >= 11 is 0. The van der Waals surface area contributed by atoms with Crippen LogP contribution in [0.1, 0.15) is 71.6 Å². The summed E-state index contributed by atoms with van der Waals surface area (Å²) in [6.07, 6.45) is 11.0. The van der Waals surface area contributed by atoms with Gasteiger partial charge >= 0.3 is 0 Å². The summed E-state index contributed by atoms with van der Waals surface area (Å²) in [5.74, 6) is 0. The molecule has 0 bridgehead atoms. The predicted octanol–water partition coefficient (Wildman–Crippen LogP) is 3.24. The monoisotopic (exact) mass is 227 g/mol. The van der Waals surface area contributed by atoms with Crippen LogP contribution in [0, 0.1) is 0 Å². The lowest BCUT2D eigenvalue weighted by Gasteiger charge is -2.29. The molecule has 0 spiro atoms. The third-order valence-corrected chi connectivity index (χ3v) is 3.71. The minimum atomic E-state index is -0.0297. The van der Waals surface area contributed by atoms with Gasteiger partial charge in [0.05, 0.1) is 6.10 Å². The maximum Gasteiger partial charge on any atom is 0.0541 e. The highest BCUT2D eigenvalue weighted by Gasteiger charge is 2.20. The Balaban J connectivity index is 2.02. The van der Waals surface area contributed by atoms with Gasteiger partial charge in [-0.25, -0.2) is 0 Å². The van der Waals surface area contributed by atoms with E-state index < -0.39 is 0 Å². The number of rotatable bonds is 7. The summed E-state index contributed by atoms with van der Waals surface area (Å²) < 4.78 is 0. The average molecular weight is 227 g/mol. The molecule has 0 aliphatic heterocycles. The van der Waals surface area contributed by atoms with Gasteiger partial charge in [0.15, 0.2) is 0 Å². The van der Waals surface area contributed by atoms with Crippen molar-refractivity contribution >= 4 is 0 Å². The fourth-order valence-electron chi connectivity index (χ4n) is 2.61. The van der Waals surface area contributed by atoms with Gasteiger partial charge in [-0.2, -0.15) is 0 Å². The predicted molar refractivity (Wildman–Crippen MR) is 69.6 cm³/mol. The molecule has 1 saturated carbocycles. The molecule has 0 aromatic carbocycles. The highest BCUT2D eigenvalue weighted by Crippen LogP contribution is 2.19. The Kier molecular flexibility index (Phi) is 7.06. The van der Waals surface area contributed by atoms with Gasteiger partial charge < -0.3 is 10.4 Å². The second-order valence-electron chi connectivity index (χ2n) is 5.42. The molecule has 1 aliphatic carbocycles. The molecule has 2 N–H and O–H groups in total. The Labute approximate surface area is 101 Å². The standard InChI is InChI=1S/C14H29NO/c1-3-4-5-6-7-12(2)15-13-8-10-14(16)11-9-13/h12-16H,3-11H2,1-2H3. The van der Waals surface area contributed by atoms with Crippen LogP contribution < -0.4 is 5.32 Å². The molecule has 96 valence electrons. The molecule has 0 saturated heterocycles. The third-order valence-electron chi connectivity index (χ3n) is 3.71. The first-order chi connectivity index (χ1) is 7.72. The van der Waals surface area contributed by atoms with Gasteiger partial charge in [0.2, 0.25) is 0 Å². The van der Waals surface area contributed by atoms with E-state index in [4.69, 9.17) is 0 Å². The quantitative estimate of drug-likeness (QED) is 0.654. The molecule has 0 radical (unpaired) electrons. The van der Waals surface area contributed by atoms with Crippen molar-refractivity contribution in [1.82, 2.24) is 5.32 Å². The van der Waals surface area contributed by atoms with Crippen LogP contribution >= 0.6 is 0 Å². The molecule has 0 amide bonds. The Morgan fingerprint density at radius 2 is 1.81 bits per heavy atom. The van der Waals surface area contributed by atoms with E-state index >= 15 is 0 Å². The second-order valence-corrected chi connectivity index (χ2v) is 5.42. The van der Waals surface area contributed by atoms with Crippen molar-refractivity contribution in [1.29, 1.82) is 0 Å². The lowest BCUT2D eigenvalue weighted by Crippen LogP contribution is -2.39. The molecule has 1 rings (SSSR count). The zero-order valence-electron chi connectivity index (χ0n) is 11.0. The SMILES string of the molecule is CCCCCCC(C)NC1CCC(O)CC1. The van der Waals surface area contributed by atoms with Crippen LogP contribution in [0.15, 0.2) is 0 Å². The van der Waals surface area contributed by atoms with E-state index in [9.17, 15) is 5.11 Å². The van der Waals surface area contributed by atoms with E-state index in [1.807, 2.05) is 0 Å². The Morgan fingerprint density at radius 3 is 2.44 bits per heavy atom. The maximum absolute atomic E-state index is 9.43. The van der Waals surface area contributed by atoms with Crippen molar-refractivity contribution < 1.29 is 5.11 Å². The van der Waals surface area contributed by atoms with Crippen molar-refractivity contribution in [3.05, 3.63) is 0 Å². The van der Waals surface area contributed by atoms with E-state index in [-0.39, 0.29) is 6.10 Å². The fourth-order valence-corrected chi connectivity index (χ4v) is 2.61. The number of unbranched alkanes of at least 4 members (excludes halogenated alkanes) is 3. The fraction of sp³-hybridized carbons (Fsp3) is 1.00. The second kappa shape index (κ2) is 8.08. The van der Waals surface area contributed by atoms with Gasteiger partial charge in [-0.1, -0.05) is 32.6 Å². The Hall–Kier alpha value is -0.0800. The topological polar surface area (TPSA) is 32.3 Å². The Morgan fingerprint density at radius 1 is 1.12 bits per heavy atom. The molecule has 1 unspecified atom stereocenters. The molecule has 1 aliphatic rings.